The van der Waals surface area contributed by atoms with Crippen LogP contribution in [0.15, 0.2) is 78.9 Å². The number of hydrogen-bond acceptors (Lipinski definition) is 4. The first-order valence-corrected chi connectivity index (χ1v) is 11.3. The van der Waals surface area contributed by atoms with Crippen LogP contribution in [0.25, 0.3) is 0 Å². The fraction of sp³-hybridized carbons (Fsp3) is 0.296. The molecular formula is C27H30N4O. The average Bonchev–Trinajstić information content (AvgIpc) is 3.53. The lowest BCUT2D eigenvalue weighted by molar-refractivity contribution is 0.102. The van der Waals surface area contributed by atoms with E-state index in [1.807, 2.05) is 54.6 Å². The fourth-order valence-corrected chi connectivity index (χ4v) is 4.65. The quantitative estimate of drug-likeness (QED) is 0.647. The molecule has 0 aromatic heterocycles. The summed E-state index contributed by atoms with van der Waals surface area (Å²) in [6.45, 7) is 4.17. The smallest absolute Gasteiger partial charge is 0.255 e. The summed E-state index contributed by atoms with van der Waals surface area (Å²) < 4.78 is 0. The topological polar surface area (TPSA) is 61.6 Å². The summed E-state index contributed by atoms with van der Waals surface area (Å²) in [5, 5.41) is 3.01. The molecule has 5 rings (SSSR count). The highest BCUT2D eigenvalue weighted by Gasteiger charge is 2.52. The third-order valence-electron chi connectivity index (χ3n) is 6.88. The van der Waals surface area contributed by atoms with Gasteiger partial charge in [0.25, 0.3) is 5.91 Å². The lowest BCUT2D eigenvalue weighted by atomic mass is 9.99. The minimum atomic E-state index is -0.280. The first-order valence-electron chi connectivity index (χ1n) is 11.3. The number of carbonyl (C=O) groups excluding carboxylic acids is 1. The number of nitrogens with one attached hydrogen (secondary N) is 1. The van der Waals surface area contributed by atoms with Gasteiger partial charge in [-0.1, -0.05) is 42.5 Å². The van der Waals surface area contributed by atoms with E-state index in [4.69, 9.17) is 5.73 Å². The number of nitrogens with zero attached hydrogens (tertiary/aromatic N) is 2. The maximum absolute atomic E-state index is 12.7. The van der Waals surface area contributed by atoms with Crippen LogP contribution in [0.1, 0.15) is 33.8 Å². The van der Waals surface area contributed by atoms with Gasteiger partial charge in [-0.15, -0.1) is 0 Å². The van der Waals surface area contributed by atoms with Gasteiger partial charge in [0.15, 0.2) is 0 Å². The number of anilines is 2. The lowest BCUT2D eigenvalue weighted by Crippen LogP contribution is -2.44. The highest BCUT2D eigenvalue weighted by Crippen LogP contribution is 2.56. The SMILES string of the molecule is CN1CCN(c2ccc(C(=O)Nc3ccc(C4CC4(N)c4ccccc4)cc3)cc2)CC1. The van der Waals surface area contributed by atoms with E-state index in [-0.39, 0.29) is 11.4 Å². The Morgan fingerprint density at radius 2 is 1.56 bits per heavy atom. The highest BCUT2D eigenvalue weighted by atomic mass is 16.1. The van der Waals surface area contributed by atoms with Crippen LogP contribution in [0.3, 0.4) is 0 Å². The summed E-state index contributed by atoms with van der Waals surface area (Å²) in [6, 6.07) is 26.3. The largest absolute Gasteiger partial charge is 0.369 e. The zero-order chi connectivity index (χ0) is 22.1. The summed E-state index contributed by atoms with van der Waals surface area (Å²) in [5.74, 6) is 0.225. The van der Waals surface area contributed by atoms with Crippen molar-refractivity contribution in [3.63, 3.8) is 0 Å². The molecule has 0 spiro atoms. The second-order valence-corrected chi connectivity index (χ2v) is 9.08. The van der Waals surface area contributed by atoms with Gasteiger partial charge in [-0.25, -0.2) is 0 Å². The third-order valence-corrected chi connectivity index (χ3v) is 6.88. The molecule has 5 nitrogen and oxygen atoms in total. The molecule has 1 amide bonds. The Balaban J connectivity index is 1.20. The summed E-state index contributed by atoms with van der Waals surface area (Å²) in [7, 11) is 2.15. The number of likely N-dealkylation sites (N-methyl/N-ethyl adjacent to an activating group) is 1. The van der Waals surface area contributed by atoms with E-state index in [0.717, 1.165) is 38.3 Å². The molecule has 5 heteroatoms. The van der Waals surface area contributed by atoms with Gasteiger partial charge in [-0.05, 0) is 61.0 Å². The zero-order valence-electron chi connectivity index (χ0n) is 18.5. The van der Waals surface area contributed by atoms with E-state index < -0.39 is 0 Å². The van der Waals surface area contributed by atoms with Gasteiger partial charge in [0.2, 0.25) is 0 Å². The second kappa shape index (κ2) is 8.41. The Labute approximate surface area is 189 Å². The molecule has 1 saturated carbocycles. The first-order chi connectivity index (χ1) is 15.5. The van der Waals surface area contributed by atoms with Crippen LogP contribution in [0.2, 0.25) is 0 Å². The minimum Gasteiger partial charge on any atom is -0.369 e. The number of hydrogen-bond donors (Lipinski definition) is 2. The molecule has 3 aromatic rings. The van der Waals surface area contributed by atoms with Gasteiger partial charge < -0.3 is 20.9 Å². The first kappa shape index (κ1) is 20.7. The van der Waals surface area contributed by atoms with Crippen LogP contribution in [0.5, 0.6) is 0 Å². The molecule has 2 fully saturated rings. The van der Waals surface area contributed by atoms with E-state index in [1.54, 1.807) is 0 Å². The molecule has 1 heterocycles. The third kappa shape index (κ3) is 4.14. The van der Waals surface area contributed by atoms with Gasteiger partial charge in [0, 0.05) is 54.6 Å². The second-order valence-electron chi connectivity index (χ2n) is 9.08. The van der Waals surface area contributed by atoms with Crippen molar-refractivity contribution in [3.05, 3.63) is 95.6 Å². The Bertz CT molecular complexity index is 1070. The molecule has 32 heavy (non-hydrogen) atoms. The van der Waals surface area contributed by atoms with Crippen molar-refractivity contribution in [3.8, 4) is 0 Å². The van der Waals surface area contributed by atoms with Crippen molar-refractivity contribution in [1.29, 1.82) is 0 Å². The lowest BCUT2D eigenvalue weighted by Gasteiger charge is -2.34. The maximum atomic E-state index is 12.7. The number of rotatable bonds is 5. The van der Waals surface area contributed by atoms with Crippen molar-refractivity contribution in [1.82, 2.24) is 4.90 Å². The normalized spacial score (nSPS) is 23.1. The highest BCUT2D eigenvalue weighted by molar-refractivity contribution is 6.04. The van der Waals surface area contributed by atoms with E-state index in [9.17, 15) is 4.79 Å². The van der Waals surface area contributed by atoms with Gasteiger partial charge >= 0.3 is 0 Å². The average molecular weight is 427 g/mol. The fourth-order valence-electron chi connectivity index (χ4n) is 4.65. The number of benzene rings is 3. The van der Waals surface area contributed by atoms with Gasteiger partial charge in [-0.2, -0.15) is 0 Å². The van der Waals surface area contributed by atoms with Crippen molar-refractivity contribution >= 4 is 17.3 Å². The monoisotopic (exact) mass is 426 g/mol. The van der Waals surface area contributed by atoms with E-state index in [1.165, 1.54) is 16.8 Å². The predicted molar refractivity (Wildman–Crippen MR) is 130 cm³/mol. The summed E-state index contributed by atoms with van der Waals surface area (Å²) >= 11 is 0. The number of carbonyl (C=O) groups is 1. The van der Waals surface area contributed by atoms with Gasteiger partial charge in [0.1, 0.15) is 0 Å². The van der Waals surface area contributed by atoms with Crippen molar-refractivity contribution in [2.75, 3.05) is 43.4 Å². The Hall–Kier alpha value is -3.15. The summed E-state index contributed by atoms with van der Waals surface area (Å²) in [5.41, 5.74) is 11.4. The Kier molecular flexibility index (Phi) is 5.45. The summed E-state index contributed by atoms with van der Waals surface area (Å²) in [4.78, 5) is 17.4. The van der Waals surface area contributed by atoms with Gasteiger partial charge in [0.05, 0.1) is 0 Å². The van der Waals surface area contributed by atoms with Crippen LogP contribution in [-0.4, -0.2) is 44.0 Å². The molecule has 3 aromatic carbocycles. The summed E-state index contributed by atoms with van der Waals surface area (Å²) in [6.07, 6.45) is 0.947. The van der Waals surface area contributed by atoms with Crippen LogP contribution in [0, 0.1) is 0 Å². The molecule has 3 N–H and O–H groups in total. The van der Waals surface area contributed by atoms with Crippen molar-refractivity contribution in [2.45, 2.75) is 17.9 Å². The van der Waals surface area contributed by atoms with Crippen LogP contribution < -0.4 is 16.0 Å². The van der Waals surface area contributed by atoms with Crippen molar-refractivity contribution in [2.24, 2.45) is 5.73 Å². The molecule has 1 aliphatic heterocycles. The molecule has 1 aliphatic carbocycles. The zero-order valence-corrected chi connectivity index (χ0v) is 18.5. The Morgan fingerprint density at radius 3 is 2.22 bits per heavy atom. The molecule has 2 unspecified atom stereocenters. The molecule has 2 atom stereocenters. The number of nitrogens with two attached hydrogens (primary N) is 1. The molecule has 164 valence electrons. The van der Waals surface area contributed by atoms with Crippen molar-refractivity contribution < 1.29 is 4.79 Å². The predicted octanol–water partition coefficient (Wildman–Crippen LogP) is 4.03. The Morgan fingerprint density at radius 1 is 0.906 bits per heavy atom. The van der Waals surface area contributed by atoms with E-state index in [0.29, 0.717) is 11.5 Å². The molecule has 2 aliphatic rings. The van der Waals surface area contributed by atoms with Crippen LogP contribution in [0.4, 0.5) is 11.4 Å². The van der Waals surface area contributed by atoms with E-state index in [2.05, 4.69) is 46.4 Å². The molecule has 0 bridgehead atoms. The number of piperazine rings is 1. The number of amides is 1. The van der Waals surface area contributed by atoms with Crippen LogP contribution in [-0.2, 0) is 5.54 Å². The molecule has 1 saturated heterocycles. The maximum Gasteiger partial charge on any atom is 0.255 e. The minimum absolute atomic E-state index is 0.0912. The van der Waals surface area contributed by atoms with Crippen LogP contribution >= 0.6 is 0 Å². The molecular weight excluding hydrogens is 396 g/mol. The molecule has 0 radical (unpaired) electrons. The van der Waals surface area contributed by atoms with E-state index >= 15 is 0 Å². The van der Waals surface area contributed by atoms with Gasteiger partial charge in [-0.3, -0.25) is 4.79 Å². The standard InChI is InChI=1S/C27H30N4O/c1-30-15-17-31(18-16-30)24-13-9-21(10-14-24)26(32)29-23-11-7-20(8-12-23)25-19-27(25,28)22-5-3-2-4-6-22/h2-14,25H,15-19,28H2,1H3,(H,29,32).